The van der Waals surface area contributed by atoms with Gasteiger partial charge < -0.3 is 11.1 Å². The third kappa shape index (κ3) is 6.37. The van der Waals surface area contributed by atoms with Crippen molar-refractivity contribution in [2.75, 3.05) is 5.32 Å². The summed E-state index contributed by atoms with van der Waals surface area (Å²) in [6.45, 7) is 1.86. The van der Waals surface area contributed by atoms with Gasteiger partial charge in [0, 0.05) is 11.1 Å². The van der Waals surface area contributed by atoms with Crippen LogP contribution in [0.3, 0.4) is 0 Å². The zero-order valence-corrected chi connectivity index (χ0v) is 18.8. The van der Waals surface area contributed by atoms with Crippen molar-refractivity contribution in [1.29, 1.82) is 0 Å². The van der Waals surface area contributed by atoms with Gasteiger partial charge in [0.25, 0.3) is 5.91 Å². The summed E-state index contributed by atoms with van der Waals surface area (Å²) in [5.74, 6) is -0.427. The van der Waals surface area contributed by atoms with Crippen LogP contribution in [0.15, 0.2) is 83.5 Å². The van der Waals surface area contributed by atoms with Gasteiger partial charge in [-0.25, -0.2) is 4.99 Å². The Morgan fingerprint density at radius 1 is 0.970 bits per heavy atom. The average Bonchev–Trinajstić information content (AvgIpc) is 2.76. The van der Waals surface area contributed by atoms with Gasteiger partial charge in [0.2, 0.25) is 0 Å². The molecule has 3 rings (SSSR count). The Morgan fingerprint density at radius 3 is 2.24 bits per heavy atom. The highest BCUT2D eigenvalue weighted by molar-refractivity contribution is 6.34. The number of para-hydroxylation sites is 1. The molecule has 33 heavy (non-hydrogen) atoms. The fourth-order valence-corrected chi connectivity index (χ4v) is 3.15. The summed E-state index contributed by atoms with van der Waals surface area (Å²) in [5.41, 5.74) is 6.07. The highest BCUT2D eigenvalue weighted by Gasteiger charge is 2.31. The lowest BCUT2D eigenvalue weighted by Crippen LogP contribution is -2.21. The van der Waals surface area contributed by atoms with E-state index in [2.05, 4.69) is 10.3 Å². The van der Waals surface area contributed by atoms with Crippen molar-refractivity contribution >= 4 is 46.2 Å². The molecule has 0 saturated carbocycles. The first-order valence-electron chi connectivity index (χ1n) is 9.60. The van der Waals surface area contributed by atoms with Crippen LogP contribution in [0, 0.1) is 6.92 Å². The molecule has 170 valence electrons. The molecule has 0 heterocycles. The molecule has 0 aromatic heterocycles. The number of hydrogen-bond acceptors (Lipinski definition) is 3. The van der Waals surface area contributed by atoms with Crippen LogP contribution in [0.4, 0.5) is 24.5 Å². The summed E-state index contributed by atoms with van der Waals surface area (Å²) in [7, 11) is 0. The van der Waals surface area contributed by atoms with Crippen LogP contribution < -0.4 is 11.1 Å². The predicted octanol–water partition coefficient (Wildman–Crippen LogP) is 7.08. The number of hydrogen-bond donors (Lipinski definition) is 2. The Balaban J connectivity index is 1.94. The Kier molecular flexibility index (Phi) is 7.46. The number of amides is 1. The quantitative estimate of drug-likeness (QED) is 0.374. The Hall–Kier alpha value is -3.29. The van der Waals surface area contributed by atoms with E-state index in [1.807, 2.05) is 13.0 Å². The SMILES string of the molecule is Cc1ccc(Cl)c(NC(=O)c2ccc(C(C=C(N)C(F)(F)F)=Nc3ccccc3Cl)cc2)c1. The van der Waals surface area contributed by atoms with Crippen molar-refractivity contribution in [2.24, 2.45) is 10.7 Å². The zero-order chi connectivity index (χ0) is 24.2. The third-order valence-electron chi connectivity index (χ3n) is 4.53. The molecular formula is C24H18Cl2F3N3O. The number of carbonyl (C=O) groups is 1. The monoisotopic (exact) mass is 491 g/mol. The minimum absolute atomic E-state index is 0.0633. The van der Waals surface area contributed by atoms with Crippen molar-refractivity contribution in [3.63, 3.8) is 0 Å². The van der Waals surface area contributed by atoms with Crippen LogP contribution in [0.25, 0.3) is 0 Å². The van der Waals surface area contributed by atoms with Gasteiger partial charge in [0.05, 0.1) is 27.1 Å². The van der Waals surface area contributed by atoms with E-state index < -0.39 is 17.8 Å². The van der Waals surface area contributed by atoms with E-state index >= 15 is 0 Å². The molecule has 0 aliphatic carbocycles. The van der Waals surface area contributed by atoms with Crippen LogP contribution in [-0.2, 0) is 0 Å². The highest BCUT2D eigenvalue weighted by atomic mass is 35.5. The number of anilines is 1. The maximum Gasteiger partial charge on any atom is 0.430 e. The lowest BCUT2D eigenvalue weighted by Gasteiger charge is -2.11. The number of nitrogens with one attached hydrogen (secondary N) is 1. The summed E-state index contributed by atoms with van der Waals surface area (Å²) in [6.07, 6.45) is -4.00. The molecule has 0 fully saturated rings. The summed E-state index contributed by atoms with van der Waals surface area (Å²) in [6, 6.07) is 17.6. The molecule has 0 radical (unpaired) electrons. The summed E-state index contributed by atoms with van der Waals surface area (Å²) >= 11 is 12.2. The van der Waals surface area contributed by atoms with E-state index in [0.717, 1.165) is 11.6 Å². The molecule has 3 aromatic rings. The number of nitrogens with zero attached hydrogens (tertiary/aromatic N) is 1. The van der Waals surface area contributed by atoms with Gasteiger partial charge >= 0.3 is 6.18 Å². The zero-order valence-electron chi connectivity index (χ0n) is 17.3. The van der Waals surface area contributed by atoms with Crippen LogP contribution >= 0.6 is 23.2 Å². The van der Waals surface area contributed by atoms with E-state index in [-0.39, 0.29) is 22.0 Å². The minimum atomic E-state index is -4.73. The molecular weight excluding hydrogens is 474 g/mol. The maximum atomic E-state index is 13.0. The third-order valence-corrected chi connectivity index (χ3v) is 5.18. The van der Waals surface area contributed by atoms with Crippen molar-refractivity contribution in [2.45, 2.75) is 13.1 Å². The number of nitrogens with two attached hydrogens (primary N) is 1. The number of aliphatic imine (C=N–C) groups is 1. The van der Waals surface area contributed by atoms with E-state index in [1.54, 1.807) is 36.4 Å². The largest absolute Gasteiger partial charge is 0.430 e. The first-order chi connectivity index (χ1) is 15.5. The molecule has 1 amide bonds. The Morgan fingerprint density at radius 2 is 1.61 bits per heavy atom. The molecule has 0 bridgehead atoms. The molecule has 3 aromatic carbocycles. The topological polar surface area (TPSA) is 67.5 Å². The minimum Gasteiger partial charge on any atom is -0.395 e. The molecule has 0 aliphatic rings. The van der Waals surface area contributed by atoms with Gasteiger partial charge in [-0.15, -0.1) is 0 Å². The van der Waals surface area contributed by atoms with Crippen LogP contribution in [0.2, 0.25) is 10.0 Å². The lowest BCUT2D eigenvalue weighted by atomic mass is 10.1. The first-order valence-corrected chi connectivity index (χ1v) is 10.4. The summed E-state index contributed by atoms with van der Waals surface area (Å²) < 4.78 is 39.1. The first kappa shape index (κ1) is 24.4. The predicted molar refractivity (Wildman–Crippen MR) is 127 cm³/mol. The van der Waals surface area contributed by atoms with Gasteiger partial charge in [-0.2, -0.15) is 13.2 Å². The molecule has 9 heteroatoms. The van der Waals surface area contributed by atoms with Gasteiger partial charge in [-0.05, 0) is 55.0 Å². The molecule has 0 spiro atoms. The number of allylic oxidation sites excluding steroid dienone is 2. The van der Waals surface area contributed by atoms with Crippen LogP contribution in [-0.4, -0.2) is 17.8 Å². The lowest BCUT2D eigenvalue weighted by molar-refractivity contribution is -0.0925. The van der Waals surface area contributed by atoms with E-state index in [0.29, 0.717) is 16.3 Å². The maximum absolute atomic E-state index is 13.0. The van der Waals surface area contributed by atoms with E-state index in [4.69, 9.17) is 28.9 Å². The molecule has 0 unspecified atom stereocenters. The average molecular weight is 492 g/mol. The second-order valence-corrected chi connectivity index (χ2v) is 7.88. The molecule has 0 saturated heterocycles. The van der Waals surface area contributed by atoms with Crippen LogP contribution in [0.5, 0.6) is 0 Å². The highest BCUT2D eigenvalue weighted by Crippen LogP contribution is 2.27. The summed E-state index contributed by atoms with van der Waals surface area (Å²) in [4.78, 5) is 16.9. The van der Waals surface area contributed by atoms with E-state index in [1.165, 1.54) is 24.3 Å². The van der Waals surface area contributed by atoms with Crippen LogP contribution in [0.1, 0.15) is 21.5 Å². The van der Waals surface area contributed by atoms with E-state index in [9.17, 15) is 18.0 Å². The number of aryl methyl sites for hydroxylation is 1. The van der Waals surface area contributed by atoms with Crippen molar-refractivity contribution < 1.29 is 18.0 Å². The number of rotatable bonds is 5. The summed E-state index contributed by atoms with van der Waals surface area (Å²) in [5, 5.41) is 3.36. The second kappa shape index (κ2) is 10.1. The molecule has 0 atom stereocenters. The molecule has 0 aliphatic heterocycles. The standard InChI is InChI=1S/C24H18Cl2F3N3O/c1-14-6-11-18(26)21(12-14)32-23(33)16-9-7-15(8-10-16)20(13-22(30)24(27,28)29)31-19-5-3-2-4-17(19)25/h2-13H,30H2,1H3,(H,32,33). The van der Waals surface area contributed by atoms with Crippen molar-refractivity contribution in [1.82, 2.24) is 0 Å². The van der Waals surface area contributed by atoms with Gasteiger partial charge in [0.1, 0.15) is 5.70 Å². The van der Waals surface area contributed by atoms with Gasteiger partial charge in [-0.3, -0.25) is 4.79 Å². The second-order valence-electron chi connectivity index (χ2n) is 7.06. The molecule has 3 N–H and O–H groups in total. The fourth-order valence-electron chi connectivity index (χ4n) is 2.80. The van der Waals surface area contributed by atoms with Gasteiger partial charge in [-0.1, -0.05) is 53.5 Å². The smallest absolute Gasteiger partial charge is 0.395 e. The Bertz CT molecular complexity index is 1240. The molecule has 4 nitrogen and oxygen atoms in total. The van der Waals surface area contributed by atoms with Crippen molar-refractivity contribution in [3.8, 4) is 0 Å². The van der Waals surface area contributed by atoms with Gasteiger partial charge in [0.15, 0.2) is 0 Å². The number of alkyl halides is 3. The fraction of sp³-hybridized carbons (Fsp3) is 0.0833. The number of carbonyl (C=O) groups excluding carboxylic acids is 1. The normalized spacial score (nSPS) is 12.5. The number of benzene rings is 3. The number of halogens is 5. The van der Waals surface area contributed by atoms with Crippen molar-refractivity contribution in [3.05, 3.63) is 105 Å². The Labute approximate surface area is 198 Å².